The van der Waals surface area contributed by atoms with E-state index in [1.807, 2.05) is 17.3 Å². The minimum atomic E-state index is -0.441. The van der Waals surface area contributed by atoms with Crippen molar-refractivity contribution < 1.29 is 9.59 Å². The molecule has 0 spiro atoms. The number of aromatic nitrogens is 1. The van der Waals surface area contributed by atoms with Gasteiger partial charge in [-0.2, -0.15) is 0 Å². The van der Waals surface area contributed by atoms with E-state index in [0.29, 0.717) is 5.92 Å². The second kappa shape index (κ2) is 7.88. The Labute approximate surface area is 141 Å². The highest BCUT2D eigenvalue weighted by molar-refractivity contribution is 7.09. The fraction of sp³-hybridized carbons (Fsp3) is 0.688. The molecule has 1 N–H and O–H groups in total. The Morgan fingerprint density at radius 3 is 2.91 bits per heavy atom. The first-order chi connectivity index (χ1) is 10.9. The number of aryl methyl sites for hydroxylation is 1. The molecule has 1 saturated heterocycles. The summed E-state index contributed by atoms with van der Waals surface area (Å²) in [5, 5.41) is 2.66. The standard InChI is InChI=1S/C16H26N4O2S/c1-11-15(23-10-17-11)9-19(4)7-14-5-6-20(8-14)16(22)12(2)18-13(3)21/h10,12,14H,5-9H2,1-4H3,(H,18,21)/t12-,14-/m0/s1. The van der Waals surface area contributed by atoms with Crippen molar-refractivity contribution >= 4 is 23.2 Å². The molecule has 0 radical (unpaired) electrons. The van der Waals surface area contributed by atoms with Crippen molar-refractivity contribution in [2.24, 2.45) is 5.92 Å². The SMILES string of the molecule is CC(=O)N[C@@H](C)C(=O)N1CC[C@@H](CN(C)Cc2scnc2C)C1. The molecule has 0 bridgehead atoms. The number of nitrogens with one attached hydrogen (secondary N) is 1. The van der Waals surface area contributed by atoms with Crippen LogP contribution < -0.4 is 5.32 Å². The average Bonchev–Trinajstić information content (AvgIpc) is 3.07. The lowest BCUT2D eigenvalue weighted by Crippen LogP contribution is -2.45. The molecule has 1 aromatic heterocycles. The number of carbonyl (C=O) groups is 2. The molecule has 2 heterocycles. The van der Waals surface area contributed by atoms with E-state index in [9.17, 15) is 9.59 Å². The Morgan fingerprint density at radius 2 is 2.30 bits per heavy atom. The number of hydrogen-bond donors (Lipinski definition) is 1. The third kappa shape index (κ3) is 5.00. The minimum Gasteiger partial charge on any atom is -0.345 e. The summed E-state index contributed by atoms with van der Waals surface area (Å²) >= 11 is 1.69. The molecule has 0 aliphatic carbocycles. The van der Waals surface area contributed by atoms with Crippen molar-refractivity contribution in [1.29, 1.82) is 0 Å². The van der Waals surface area contributed by atoms with Gasteiger partial charge in [-0.15, -0.1) is 11.3 Å². The van der Waals surface area contributed by atoms with Crippen molar-refractivity contribution in [3.63, 3.8) is 0 Å². The van der Waals surface area contributed by atoms with Crippen LogP contribution in [-0.4, -0.2) is 59.3 Å². The highest BCUT2D eigenvalue weighted by Crippen LogP contribution is 2.20. The first-order valence-electron chi connectivity index (χ1n) is 8.00. The van der Waals surface area contributed by atoms with E-state index >= 15 is 0 Å². The van der Waals surface area contributed by atoms with Crippen LogP contribution in [0.3, 0.4) is 0 Å². The topological polar surface area (TPSA) is 65.5 Å². The van der Waals surface area contributed by atoms with Crippen LogP contribution in [0.15, 0.2) is 5.51 Å². The fourth-order valence-electron chi connectivity index (χ4n) is 3.05. The lowest BCUT2D eigenvalue weighted by atomic mass is 10.1. The van der Waals surface area contributed by atoms with Crippen LogP contribution in [0.1, 0.15) is 30.8 Å². The van der Waals surface area contributed by atoms with Crippen LogP contribution in [0.4, 0.5) is 0 Å². The third-order valence-electron chi connectivity index (χ3n) is 4.22. The zero-order valence-electron chi connectivity index (χ0n) is 14.3. The molecule has 0 unspecified atom stereocenters. The number of thiazole rings is 1. The van der Waals surface area contributed by atoms with Gasteiger partial charge in [0, 0.05) is 38.0 Å². The second-order valence-electron chi connectivity index (χ2n) is 6.42. The third-order valence-corrected chi connectivity index (χ3v) is 5.14. The van der Waals surface area contributed by atoms with Crippen LogP contribution in [0, 0.1) is 12.8 Å². The molecule has 2 atom stereocenters. The molecule has 1 aliphatic rings. The average molecular weight is 338 g/mol. The molecule has 7 heteroatoms. The van der Waals surface area contributed by atoms with E-state index in [0.717, 1.165) is 38.3 Å². The quantitative estimate of drug-likeness (QED) is 0.848. The molecule has 0 saturated carbocycles. The van der Waals surface area contributed by atoms with Gasteiger partial charge in [0.2, 0.25) is 11.8 Å². The summed E-state index contributed by atoms with van der Waals surface area (Å²) in [5.74, 6) is 0.339. The molecule has 2 rings (SSSR count). The summed E-state index contributed by atoms with van der Waals surface area (Å²) < 4.78 is 0. The van der Waals surface area contributed by atoms with Crippen molar-refractivity contribution in [3.05, 3.63) is 16.1 Å². The lowest BCUT2D eigenvalue weighted by Gasteiger charge is -2.23. The molecule has 1 fully saturated rings. The summed E-state index contributed by atoms with van der Waals surface area (Å²) in [4.78, 5) is 33.1. The van der Waals surface area contributed by atoms with E-state index in [1.54, 1.807) is 18.3 Å². The Hall–Kier alpha value is -1.47. The summed E-state index contributed by atoms with van der Waals surface area (Å²) in [6.45, 7) is 8.65. The number of carbonyl (C=O) groups excluding carboxylic acids is 2. The minimum absolute atomic E-state index is 0.0173. The lowest BCUT2D eigenvalue weighted by molar-refractivity contribution is -0.134. The van der Waals surface area contributed by atoms with Crippen LogP contribution in [0.25, 0.3) is 0 Å². The maximum absolute atomic E-state index is 12.3. The second-order valence-corrected chi connectivity index (χ2v) is 7.36. The maximum Gasteiger partial charge on any atom is 0.244 e. The van der Waals surface area contributed by atoms with Gasteiger partial charge in [0.25, 0.3) is 0 Å². The van der Waals surface area contributed by atoms with Gasteiger partial charge in [0.15, 0.2) is 0 Å². The summed E-state index contributed by atoms with van der Waals surface area (Å²) in [7, 11) is 2.11. The molecule has 0 aromatic carbocycles. The summed E-state index contributed by atoms with van der Waals surface area (Å²) in [6.07, 6.45) is 1.02. The zero-order chi connectivity index (χ0) is 17.0. The molecule has 6 nitrogen and oxygen atoms in total. The van der Waals surface area contributed by atoms with Gasteiger partial charge in [-0.25, -0.2) is 4.98 Å². The van der Waals surface area contributed by atoms with Gasteiger partial charge in [0.05, 0.1) is 11.2 Å². The first-order valence-corrected chi connectivity index (χ1v) is 8.88. The van der Waals surface area contributed by atoms with E-state index in [-0.39, 0.29) is 11.8 Å². The number of nitrogens with zero attached hydrogens (tertiary/aromatic N) is 3. The highest BCUT2D eigenvalue weighted by atomic mass is 32.1. The van der Waals surface area contributed by atoms with Crippen molar-refractivity contribution in [3.8, 4) is 0 Å². The Morgan fingerprint density at radius 1 is 1.57 bits per heavy atom. The number of likely N-dealkylation sites (tertiary alicyclic amines) is 1. The molecule has 128 valence electrons. The number of hydrogen-bond acceptors (Lipinski definition) is 5. The normalized spacial score (nSPS) is 19.2. The molecule has 2 amide bonds. The summed E-state index contributed by atoms with van der Waals surface area (Å²) in [5.41, 5.74) is 2.99. The fourth-order valence-corrected chi connectivity index (χ4v) is 3.91. The molecular weight excluding hydrogens is 312 g/mol. The molecule has 1 aromatic rings. The zero-order valence-corrected chi connectivity index (χ0v) is 15.2. The monoisotopic (exact) mass is 338 g/mol. The van der Waals surface area contributed by atoms with Gasteiger partial charge in [-0.1, -0.05) is 0 Å². The predicted molar refractivity (Wildman–Crippen MR) is 91.2 cm³/mol. The van der Waals surface area contributed by atoms with E-state index < -0.39 is 6.04 Å². The van der Waals surface area contributed by atoms with Crippen LogP contribution in [0.5, 0.6) is 0 Å². The summed E-state index contributed by atoms with van der Waals surface area (Å²) in [6, 6.07) is -0.441. The highest BCUT2D eigenvalue weighted by Gasteiger charge is 2.29. The largest absolute Gasteiger partial charge is 0.345 e. The van der Waals surface area contributed by atoms with Crippen molar-refractivity contribution in [2.45, 2.75) is 39.8 Å². The van der Waals surface area contributed by atoms with E-state index in [2.05, 4.69) is 22.2 Å². The number of rotatable bonds is 6. The Kier molecular flexibility index (Phi) is 6.12. The Bertz CT molecular complexity index is 560. The first kappa shape index (κ1) is 17.9. The molecule has 23 heavy (non-hydrogen) atoms. The van der Waals surface area contributed by atoms with Crippen LogP contribution in [0.2, 0.25) is 0 Å². The molecule has 1 aliphatic heterocycles. The van der Waals surface area contributed by atoms with Crippen molar-refractivity contribution in [2.75, 3.05) is 26.7 Å². The van der Waals surface area contributed by atoms with Crippen molar-refractivity contribution in [1.82, 2.24) is 20.1 Å². The Balaban J connectivity index is 1.79. The van der Waals surface area contributed by atoms with Gasteiger partial charge in [0.1, 0.15) is 6.04 Å². The predicted octanol–water partition coefficient (Wildman–Crippen LogP) is 1.26. The van der Waals surface area contributed by atoms with Crippen LogP contribution in [-0.2, 0) is 16.1 Å². The van der Waals surface area contributed by atoms with E-state index in [4.69, 9.17) is 0 Å². The van der Waals surface area contributed by atoms with Gasteiger partial charge >= 0.3 is 0 Å². The van der Waals surface area contributed by atoms with Gasteiger partial charge in [-0.05, 0) is 33.2 Å². The molecular formula is C16H26N4O2S. The smallest absolute Gasteiger partial charge is 0.244 e. The van der Waals surface area contributed by atoms with E-state index in [1.165, 1.54) is 11.8 Å². The number of amides is 2. The van der Waals surface area contributed by atoms with Gasteiger partial charge in [-0.3, -0.25) is 9.59 Å². The van der Waals surface area contributed by atoms with Crippen LogP contribution >= 0.6 is 11.3 Å². The van der Waals surface area contributed by atoms with Gasteiger partial charge < -0.3 is 15.1 Å². The maximum atomic E-state index is 12.3.